The molecule has 10 heteroatoms. The summed E-state index contributed by atoms with van der Waals surface area (Å²) in [6, 6.07) is 23.1. The number of methoxy groups -OCH3 is 3. The molecular weight excluding hydrogens is 546 g/mol. The second kappa shape index (κ2) is 14.3. The van der Waals surface area contributed by atoms with Crippen molar-refractivity contribution in [1.29, 1.82) is 0 Å². The van der Waals surface area contributed by atoms with Gasteiger partial charge in [0.15, 0.2) is 11.5 Å². The first kappa shape index (κ1) is 29.5. The normalized spacial score (nSPS) is 14.5. The van der Waals surface area contributed by atoms with E-state index < -0.39 is 0 Å². The molecule has 10 nitrogen and oxygen atoms in total. The molecule has 0 saturated carbocycles. The first-order chi connectivity index (χ1) is 21.1. The number of anilines is 3. The van der Waals surface area contributed by atoms with E-state index in [1.807, 2.05) is 60.7 Å². The zero-order valence-electron chi connectivity index (χ0n) is 24.7. The van der Waals surface area contributed by atoms with Crippen LogP contribution in [0, 0.1) is 5.92 Å². The van der Waals surface area contributed by atoms with Crippen LogP contribution in [0.5, 0.6) is 28.7 Å². The Labute approximate surface area is 252 Å². The molecule has 4 aromatic rings. The van der Waals surface area contributed by atoms with Crippen LogP contribution in [-0.2, 0) is 11.2 Å². The third-order valence-electron chi connectivity index (χ3n) is 7.29. The summed E-state index contributed by atoms with van der Waals surface area (Å²) < 4.78 is 22.2. The number of rotatable bonds is 12. The average molecular weight is 584 g/mol. The van der Waals surface area contributed by atoms with Crippen molar-refractivity contribution in [3.05, 3.63) is 84.6 Å². The summed E-state index contributed by atoms with van der Waals surface area (Å²) >= 11 is 0. The highest BCUT2D eigenvalue weighted by molar-refractivity contribution is 5.79. The molecule has 1 atom stereocenters. The second-order valence-electron chi connectivity index (χ2n) is 10.2. The maximum Gasteiger partial charge on any atom is 0.229 e. The molecule has 224 valence electrons. The van der Waals surface area contributed by atoms with Gasteiger partial charge in [-0.15, -0.1) is 0 Å². The summed E-state index contributed by atoms with van der Waals surface area (Å²) in [6.07, 6.45) is 4.20. The number of hydrogen-bond donors (Lipinski definition) is 2. The first-order valence-corrected chi connectivity index (χ1v) is 14.3. The molecule has 1 saturated heterocycles. The molecule has 0 radical (unpaired) electrons. The number of nitrogens with one attached hydrogen (secondary N) is 2. The van der Waals surface area contributed by atoms with E-state index in [-0.39, 0.29) is 11.8 Å². The Morgan fingerprint density at radius 3 is 2.35 bits per heavy atom. The Kier molecular flexibility index (Phi) is 9.78. The average Bonchev–Trinajstić information content (AvgIpc) is 3.05. The third-order valence-corrected chi connectivity index (χ3v) is 7.29. The first-order valence-electron chi connectivity index (χ1n) is 14.3. The van der Waals surface area contributed by atoms with Gasteiger partial charge in [0.25, 0.3) is 0 Å². The van der Waals surface area contributed by atoms with E-state index in [0.29, 0.717) is 42.0 Å². The number of carbonyl (C=O) groups is 1. The zero-order valence-corrected chi connectivity index (χ0v) is 24.7. The topological polar surface area (TPSA) is 107 Å². The van der Waals surface area contributed by atoms with Gasteiger partial charge in [-0.3, -0.25) is 4.79 Å². The number of piperidine rings is 1. The Hall–Kier alpha value is -4.99. The van der Waals surface area contributed by atoms with Crippen molar-refractivity contribution in [3.63, 3.8) is 0 Å². The summed E-state index contributed by atoms with van der Waals surface area (Å²) in [7, 11) is 4.70. The lowest BCUT2D eigenvalue weighted by atomic mass is 9.97. The Morgan fingerprint density at radius 1 is 0.930 bits per heavy atom. The highest BCUT2D eigenvalue weighted by Gasteiger charge is 2.26. The third kappa shape index (κ3) is 7.65. The van der Waals surface area contributed by atoms with Gasteiger partial charge in [0, 0.05) is 43.7 Å². The molecule has 1 aromatic heterocycles. The number of para-hydroxylation sites is 1. The molecule has 2 N–H and O–H groups in total. The van der Waals surface area contributed by atoms with Crippen LogP contribution in [0.1, 0.15) is 18.4 Å². The number of benzene rings is 3. The van der Waals surface area contributed by atoms with Crippen LogP contribution < -0.4 is 34.5 Å². The van der Waals surface area contributed by atoms with E-state index in [2.05, 4.69) is 20.5 Å². The van der Waals surface area contributed by atoms with Gasteiger partial charge in [-0.05, 0) is 55.2 Å². The summed E-state index contributed by atoms with van der Waals surface area (Å²) in [6.45, 7) is 1.99. The van der Waals surface area contributed by atoms with Gasteiger partial charge in [0.05, 0.1) is 27.2 Å². The van der Waals surface area contributed by atoms with Crippen molar-refractivity contribution < 1.29 is 23.7 Å². The molecule has 1 amide bonds. The summed E-state index contributed by atoms with van der Waals surface area (Å²) in [5.74, 6) is 4.30. The molecule has 43 heavy (non-hydrogen) atoms. The molecule has 1 aliphatic rings. The fourth-order valence-corrected chi connectivity index (χ4v) is 5.09. The van der Waals surface area contributed by atoms with Crippen LogP contribution in [0.25, 0.3) is 0 Å². The van der Waals surface area contributed by atoms with E-state index in [4.69, 9.17) is 23.9 Å². The largest absolute Gasteiger partial charge is 0.493 e. The Balaban J connectivity index is 1.14. The molecule has 0 spiro atoms. The van der Waals surface area contributed by atoms with Gasteiger partial charge in [0.1, 0.15) is 17.3 Å². The number of amides is 1. The van der Waals surface area contributed by atoms with Gasteiger partial charge >= 0.3 is 0 Å². The SMILES string of the molecule is COc1cc(Nc2nccc(N3CCCC(C(=O)NCCc4ccc(Oc5ccccc5)cc4)C3)n2)cc(OC)c1OC. The smallest absolute Gasteiger partial charge is 0.229 e. The Bertz CT molecular complexity index is 1470. The van der Waals surface area contributed by atoms with Crippen LogP contribution >= 0.6 is 0 Å². The number of ether oxygens (including phenoxy) is 4. The minimum absolute atomic E-state index is 0.0681. The van der Waals surface area contributed by atoms with Crippen molar-refractivity contribution in [2.75, 3.05) is 51.2 Å². The van der Waals surface area contributed by atoms with Crippen molar-refractivity contribution in [2.45, 2.75) is 19.3 Å². The number of hydrogen-bond acceptors (Lipinski definition) is 9. The molecule has 5 rings (SSSR count). The van der Waals surface area contributed by atoms with Crippen LogP contribution in [0.15, 0.2) is 79.0 Å². The zero-order chi connectivity index (χ0) is 30.0. The minimum Gasteiger partial charge on any atom is -0.493 e. The van der Waals surface area contributed by atoms with E-state index in [1.54, 1.807) is 39.7 Å². The van der Waals surface area contributed by atoms with E-state index >= 15 is 0 Å². The van der Waals surface area contributed by atoms with Crippen molar-refractivity contribution in [3.8, 4) is 28.7 Å². The lowest BCUT2D eigenvalue weighted by Gasteiger charge is -2.33. The lowest BCUT2D eigenvalue weighted by molar-refractivity contribution is -0.125. The number of aromatic nitrogens is 2. The van der Waals surface area contributed by atoms with E-state index in [1.165, 1.54) is 0 Å². The number of carbonyl (C=O) groups excluding carboxylic acids is 1. The molecule has 1 fully saturated rings. The second-order valence-corrected chi connectivity index (χ2v) is 10.2. The van der Waals surface area contributed by atoms with Gasteiger partial charge < -0.3 is 34.5 Å². The highest BCUT2D eigenvalue weighted by atomic mass is 16.5. The standard InChI is InChI=1S/C33H37N5O5/c1-40-28-20-25(21-29(41-2)31(28)42-3)36-33-35-18-16-30(37-33)38-19-7-8-24(22-38)32(39)34-17-15-23-11-13-27(14-12-23)43-26-9-5-4-6-10-26/h4-6,9-14,16,18,20-21,24H,7-8,15,17,19,22H2,1-3H3,(H,34,39)(H,35,36,37). The fourth-order valence-electron chi connectivity index (χ4n) is 5.09. The summed E-state index contributed by atoms with van der Waals surface area (Å²) in [4.78, 5) is 24.3. The molecule has 0 aliphatic carbocycles. The molecule has 0 bridgehead atoms. The lowest BCUT2D eigenvalue weighted by Crippen LogP contribution is -2.43. The highest BCUT2D eigenvalue weighted by Crippen LogP contribution is 2.40. The van der Waals surface area contributed by atoms with Crippen LogP contribution in [0.3, 0.4) is 0 Å². The van der Waals surface area contributed by atoms with Gasteiger partial charge in [-0.25, -0.2) is 4.98 Å². The van der Waals surface area contributed by atoms with E-state index in [9.17, 15) is 4.79 Å². The monoisotopic (exact) mass is 583 g/mol. The fraction of sp³-hybridized carbons (Fsp3) is 0.303. The molecule has 2 heterocycles. The number of nitrogens with zero attached hydrogens (tertiary/aromatic N) is 3. The van der Waals surface area contributed by atoms with Crippen LogP contribution in [0.4, 0.5) is 17.5 Å². The van der Waals surface area contributed by atoms with Crippen LogP contribution in [0.2, 0.25) is 0 Å². The van der Waals surface area contributed by atoms with Crippen molar-refractivity contribution >= 4 is 23.4 Å². The maximum atomic E-state index is 13.1. The van der Waals surface area contributed by atoms with Gasteiger partial charge in [0.2, 0.25) is 17.6 Å². The maximum absolute atomic E-state index is 13.1. The minimum atomic E-state index is -0.114. The molecule has 1 aliphatic heterocycles. The van der Waals surface area contributed by atoms with E-state index in [0.717, 1.165) is 48.7 Å². The summed E-state index contributed by atoms with van der Waals surface area (Å²) in [5, 5.41) is 6.35. The van der Waals surface area contributed by atoms with Crippen LogP contribution in [-0.4, -0.2) is 56.8 Å². The predicted octanol–water partition coefficient (Wildman–Crippen LogP) is 5.61. The predicted molar refractivity (Wildman–Crippen MR) is 166 cm³/mol. The van der Waals surface area contributed by atoms with Crippen molar-refractivity contribution in [1.82, 2.24) is 15.3 Å². The molecule has 3 aromatic carbocycles. The van der Waals surface area contributed by atoms with Crippen molar-refractivity contribution in [2.24, 2.45) is 5.92 Å². The molecule has 1 unspecified atom stereocenters. The quantitative estimate of drug-likeness (QED) is 0.220. The van der Waals surface area contributed by atoms with Gasteiger partial charge in [-0.2, -0.15) is 4.98 Å². The summed E-state index contributed by atoms with van der Waals surface area (Å²) in [5.41, 5.74) is 1.83. The molecular formula is C33H37N5O5. The Morgan fingerprint density at radius 2 is 1.65 bits per heavy atom. The van der Waals surface area contributed by atoms with Gasteiger partial charge in [-0.1, -0.05) is 30.3 Å².